The molecule has 20 heavy (non-hydrogen) atoms. The van der Waals surface area contributed by atoms with E-state index in [2.05, 4.69) is 15.3 Å². The van der Waals surface area contributed by atoms with Gasteiger partial charge in [0.1, 0.15) is 10.8 Å². The number of carbonyl (C=O) groups is 1. The van der Waals surface area contributed by atoms with E-state index in [0.29, 0.717) is 24.2 Å². The number of nitrogens with zero attached hydrogens (tertiary/aromatic N) is 3. The maximum Gasteiger partial charge on any atom is 0.410 e. The van der Waals surface area contributed by atoms with Crippen LogP contribution in [0.25, 0.3) is 0 Å². The molecule has 6 nitrogen and oxygen atoms in total. The van der Waals surface area contributed by atoms with Gasteiger partial charge in [-0.15, -0.1) is 0 Å². The summed E-state index contributed by atoms with van der Waals surface area (Å²) < 4.78 is 5.35. The van der Waals surface area contributed by atoms with Gasteiger partial charge in [0.25, 0.3) is 0 Å². The second-order valence-electron chi connectivity index (χ2n) is 5.76. The molecule has 2 rings (SSSR count). The maximum atomic E-state index is 11.9. The quantitative estimate of drug-likeness (QED) is 0.850. The third kappa shape index (κ3) is 4.23. The smallest absolute Gasteiger partial charge is 0.410 e. The summed E-state index contributed by atoms with van der Waals surface area (Å²) >= 11 is 5.81. The topological polar surface area (TPSA) is 67.3 Å². The summed E-state index contributed by atoms with van der Waals surface area (Å²) in [5.74, 6) is 0.480. The fourth-order valence-corrected chi connectivity index (χ4v) is 2.10. The van der Waals surface area contributed by atoms with E-state index in [9.17, 15) is 4.79 Å². The van der Waals surface area contributed by atoms with Crippen molar-refractivity contribution in [3.63, 3.8) is 0 Å². The van der Waals surface area contributed by atoms with Crippen molar-refractivity contribution in [1.29, 1.82) is 0 Å². The number of carbonyl (C=O) groups excluding carboxylic acids is 1. The lowest BCUT2D eigenvalue weighted by molar-refractivity contribution is 0.0293. The Morgan fingerprint density at radius 1 is 1.55 bits per heavy atom. The first-order valence-electron chi connectivity index (χ1n) is 6.56. The number of likely N-dealkylation sites (tertiary alicyclic amines) is 1. The molecule has 1 aromatic rings. The van der Waals surface area contributed by atoms with Crippen molar-refractivity contribution in [2.45, 2.75) is 38.8 Å². The van der Waals surface area contributed by atoms with Crippen molar-refractivity contribution >= 4 is 23.6 Å². The standard InChI is InChI=1S/C13H19ClN4O2/c1-13(2,3)20-12(19)18-7-5-9(8-18)16-11-15-6-4-10(14)17-11/h4,6,9H,5,7-8H2,1-3H3,(H,15,16,17)/t9-/m0/s1. The summed E-state index contributed by atoms with van der Waals surface area (Å²) in [7, 11) is 0. The van der Waals surface area contributed by atoms with Crippen LogP contribution in [0.1, 0.15) is 27.2 Å². The molecule has 0 bridgehead atoms. The molecule has 1 aromatic heterocycles. The second-order valence-corrected chi connectivity index (χ2v) is 6.15. The van der Waals surface area contributed by atoms with Crippen LogP contribution in [-0.4, -0.2) is 45.7 Å². The highest BCUT2D eigenvalue weighted by Gasteiger charge is 2.30. The van der Waals surface area contributed by atoms with E-state index in [1.165, 1.54) is 0 Å². The van der Waals surface area contributed by atoms with E-state index in [1.807, 2.05) is 20.8 Å². The van der Waals surface area contributed by atoms with Gasteiger partial charge in [0.15, 0.2) is 0 Å². The number of rotatable bonds is 2. The maximum absolute atomic E-state index is 11.9. The van der Waals surface area contributed by atoms with Gasteiger partial charge in [0.2, 0.25) is 5.95 Å². The molecule has 1 atom stereocenters. The molecule has 1 saturated heterocycles. The molecule has 0 saturated carbocycles. The molecule has 0 aliphatic carbocycles. The molecule has 1 fully saturated rings. The molecule has 1 N–H and O–H groups in total. The van der Waals surface area contributed by atoms with Crippen molar-refractivity contribution < 1.29 is 9.53 Å². The number of halogens is 1. The van der Waals surface area contributed by atoms with Crippen LogP contribution in [0.15, 0.2) is 12.3 Å². The Labute approximate surface area is 123 Å². The fraction of sp³-hybridized carbons (Fsp3) is 0.615. The number of hydrogen-bond acceptors (Lipinski definition) is 5. The molecule has 0 spiro atoms. The first kappa shape index (κ1) is 14.8. The molecule has 1 aliphatic rings. The van der Waals surface area contributed by atoms with Gasteiger partial charge in [-0.05, 0) is 33.3 Å². The lowest BCUT2D eigenvalue weighted by atomic mass is 10.2. The lowest BCUT2D eigenvalue weighted by Crippen LogP contribution is -2.36. The van der Waals surface area contributed by atoms with Crippen molar-refractivity contribution in [3.05, 3.63) is 17.4 Å². The van der Waals surface area contributed by atoms with Crippen molar-refractivity contribution in [1.82, 2.24) is 14.9 Å². The van der Waals surface area contributed by atoms with E-state index >= 15 is 0 Å². The molecule has 0 aromatic carbocycles. The zero-order valence-corrected chi connectivity index (χ0v) is 12.6. The summed E-state index contributed by atoms with van der Waals surface area (Å²) in [6.45, 7) is 6.81. The molecule has 2 heterocycles. The Morgan fingerprint density at radius 3 is 2.95 bits per heavy atom. The number of anilines is 1. The predicted octanol–water partition coefficient (Wildman–Crippen LogP) is 2.55. The molecular weight excluding hydrogens is 280 g/mol. The highest BCUT2D eigenvalue weighted by atomic mass is 35.5. The minimum Gasteiger partial charge on any atom is -0.444 e. The van der Waals surface area contributed by atoms with Crippen LogP contribution in [0.5, 0.6) is 0 Å². The summed E-state index contributed by atoms with van der Waals surface area (Å²) in [6.07, 6.45) is 2.14. The Bertz CT molecular complexity index is 490. The summed E-state index contributed by atoms with van der Waals surface area (Å²) in [4.78, 5) is 21.8. The third-order valence-corrected chi connectivity index (χ3v) is 3.01. The van der Waals surface area contributed by atoms with E-state index in [1.54, 1.807) is 17.2 Å². The van der Waals surface area contributed by atoms with E-state index in [4.69, 9.17) is 16.3 Å². The predicted molar refractivity (Wildman–Crippen MR) is 76.9 cm³/mol. The van der Waals surface area contributed by atoms with E-state index in [-0.39, 0.29) is 12.1 Å². The summed E-state index contributed by atoms with van der Waals surface area (Å²) in [5, 5.41) is 3.57. The largest absolute Gasteiger partial charge is 0.444 e. The summed E-state index contributed by atoms with van der Waals surface area (Å²) in [6, 6.07) is 1.73. The van der Waals surface area contributed by atoms with Crippen LogP contribution in [-0.2, 0) is 4.74 Å². The molecule has 1 aliphatic heterocycles. The average molecular weight is 299 g/mol. The minimum atomic E-state index is -0.474. The van der Waals surface area contributed by atoms with E-state index in [0.717, 1.165) is 6.42 Å². The molecule has 1 amide bonds. The SMILES string of the molecule is CC(C)(C)OC(=O)N1CC[C@H](Nc2nccc(Cl)n2)C1. The number of amides is 1. The van der Waals surface area contributed by atoms with Crippen LogP contribution in [0.2, 0.25) is 5.15 Å². The van der Waals surface area contributed by atoms with Crippen molar-refractivity contribution in [2.75, 3.05) is 18.4 Å². The van der Waals surface area contributed by atoms with Gasteiger partial charge in [-0.2, -0.15) is 0 Å². The molecular formula is C13H19ClN4O2. The summed E-state index contributed by atoms with van der Waals surface area (Å²) in [5.41, 5.74) is -0.474. The van der Waals surface area contributed by atoms with Crippen LogP contribution in [0.4, 0.5) is 10.7 Å². The zero-order valence-electron chi connectivity index (χ0n) is 11.9. The normalized spacial score (nSPS) is 19.0. The van der Waals surface area contributed by atoms with Crippen molar-refractivity contribution in [2.24, 2.45) is 0 Å². The van der Waals surface area contributed by atoms with Gasteiger partial charge >= 0.3 is 6.09 Å². The zero-order chi connectivity index (χ0) is 14.8. The van der Waals surface area contributed by atoms with Gasteiger partial charge in [-0.3, -0.25) is 0 Å². The number of hydrogen-bond donors (Lipinski definition) is 1. The van der Waals surface area contributed by atoms with Gasteiger partial charge < -0.3 is 15.0 Å². The molecule has 110 valence electrons. The Kier molecular flexibility index (Phi) is 4.32. The second kappa shape index (κ2) is 5.83. The van der Waals surface area contributed by atoms with E-state index < -0.39 is 5.60 Å². The van der Waals surface area contributed by atoms with Gasteiger partial charge in [-0.1, -0.05) is 11.6 Å². The fourth-order valence-electron chi connectivity index (χ4n) is 1.96. The monoisotopic (exact) mass is 298 g/mol. The van der Waals surface area contributed by atoms with Crippen LogP contribution >= 0.6 is 11.6 Å². The number of ether oxygens (including phenoxy) is 1. The Morgan fingerprint density at radius 2 is 2.30 bits per heavy atom. The first-order valence-corrected chi connectivity index (χ1v) is 6.94. The van der Waals surface area contributed by atoms with Gasteiger partial charge in [-0.25, -0.2) is 14.8 Å². The van der Waals surface area contributed by atoms with Crippen molar-refractivity contribution in [3.8, 4) is 0 Å². The Balaban J connectivity index is 1.88. The molecule has 0 unspecified atom stereocenters. The highest BCUT2D eigenvalue weighted by Crippen LogP contribution is 2.17. The average Bonchev–Trinajstić information content (AvgIpc) is 2.75. The molecule has 7 heteroatoms. The van der Waals surface area contributed by atoms with Crippen LogP contribution < -0.4 is 5.32 Å². The highest BCUT2D eigenvalue weighted by molar-refractivity contribution is 6.29. The lowest BCUT2D eigenvalue weighted by Gasteiger charge is -2.24. The first-order chi connectivity index (χ1) is 9.33. The van der Waals surface area contributed by atoms with Gasteiger partial charge in [0, 0.05) is 25.3 Å². The van der Waals surface area contributed by atoms with Crippen LogP contribution in [0.3, 0.4) is 0 Å². The number of nitrogens with one attached hydrogen (secondary N) is 1. The number of aromatic nitrogens is 2. The van der Waals surface area contributed by atoms with Crippen LogP contribution in [0, 0.1) is 0 Å². The Hall–Kier alpha value is -1.56. The van der Waals surface area contributed by atoms with Gasteiger partial charge in [0.05, 0.1) is 0 Å². The third-order valence-electron chi connectivity index (χ3n) is 2.79. The minimum absolute atomic E-state index is 0.112. The molecule has 0 radical (unpaired) electrons.